The first-order valence-electron chi connectivity index (χ1n) is 7.13. The Balaban J connectivity index is 2.06. The van der Waals surface area contributed by atoms with Gasteiger partial charge in [-0.1, -0.05) is 19.1 Å². The number of ether oxygens (including phenoxy) is 1. The molecule has 0 bridgehead atoms. The van der Waals surface area contributed by atoms with Gasteiger partial charge in [0.15, 0.2) is 0 Å². The van der Waals surface area contributed by atoms with Crippen LogP contribution < -0.4 is 4.74 Å². The van der Waals surface area contributed by atoms with E-state index in [4.69, 9.17) is 0 Å². The third-order valence-corrected chi connectivity index (χ3v) is 3.56. The van der Waals surface area contributed by atoms with E-state index in [1.807, 2.05) is 0 Å². The molecule has 0 spiro atoms. The van der Waals surface area contributed by atoms with Crippen LogP contribution in [0.5, 0.6) is 5.75 Å². The molecule has 1 aliphatic heterocycles. The number of hydrogen-bond donors (Lipinski definition) is 0. The average Bonchev–Trinajstić information content (AvgIpc) is 2.53. The van der Waals surface area contributed by atoms with Crippen LogP contribution >= 0.6 is 0 Å². The normalized spacial score (nSPS) is 15.1. The fraction of sp³-hybridized carbons (Fsp3) is 0.467. The van der Waals surface area contributed by atoms with Crippen molar-refractivity contribution in [2.75, 3.05) is 26.2 Å². The number of benzene rings is 1. The number of carbonyl (C=O) groups excluding carboxylic acids is 2. The summed E-state index contributed by atoms with van der Waals surface area (Å²) in [6, 6.07) is 5.94. The molecule has 22 heavy (non-hydrogen) atoms. The first-order chi connectivity index (χ1) is 10.5. The number of alkyl halides is 2. The molecule has 120 valence electrons. The maximum atomic E-state index is 12.4. The number of amides is 2. The summed E-state index contributed by atoms with van der Waals surface area (Å²) in [4.78, 5) is 27.3. The summed E-state index contributed by atoms with van der Waals surface area (Å²) >= 11 is 0. The molecule has 1 aromatic rings. The highest BCUT2D eigenvalue weighted by atomic mass is 19.3. The van der Waals surface area contributed by atoms with Crippen molar-refractivity contribution in [3.63, 3.8) is 0 Å². The number of para-hydroxylation sites is 1. The zero-order valence-electron chi connectivity index (χ0n) is 12.3. The molecule has 1 aliphatic rings. The minimum absolute atomic E-state index is 0.0496. The van der Waals surface area contributed by atoms with Gasteiger partial charge < -0.3 is 14.5 Å². The van der Waals surface area contributed by atoms with Crippen molar-refractivity contribution in [2.45, 2.75) is 20.0 Å². The highest BCUT2D eigenvalue weighted by molar-refractivity contribution is 5.97. The van der Waals surface area contributed by atoms with Crippen LogP contribution in [0.4, 0.5) is 8.78 Å². The summed E-state index contributed by atoms with van der Waals surface area (Å²) in [5.41, 5.74) is 0.109. The molecule has 5 nitrogen and oxygen atoms in total. The number of piperazine rings is 1. The smallest absolute Gasteiger partial charge is 0.387 e. The standard InChI is InChI=1S/C15H18F2N2O3/c1-2-13(20)18-7-9-19(10-8-18)14(21)11-5-3-4-6-12(11)22-15(16)17/h3-6,15H,2,7-10H2,1H3. The Hall–Kier alpha value is -2.18. The maximum absolute atomic E-state index is 12.4. The van der Waals surface area contributed by atoms with Gasteiger partial charge in [0, 0.05) is 32.6 Å². The van der Waals surface area contributed by atoms with Gasteiger partial charge in [0.2, 0.25) is 5.91 Å². The zero-order valence-corrected chi connectivity index (χ0v) is 12.3. The molecule has 0 N–H and O–H groups in total. The second kappa shape index (κ2) is 7.20. The SMILES string of the molecule is CCC(=O)N1CCN(C(=O)c2ccccc2OC(F)F)CC1. The maximum Gasteiger partial charge on any atom is 0.387 e. The minimum Gasteiger partial charge on any atom is -0.434 e. The van der Waals surface area contributed by atoms with Crippen LogP contribution in [0.1, 0.15) is 23.7 Å². The van der Waals surface area contributed by atoms with E-state index < -0.39 is 6.61 Å². The highest BCUT2D eigenvalue weighted by Gasteiger charge is 2.26. The van der Waals surface area contributed by atoms with Gasteiger partial charge >= 0.3 is 6.61 Å². The molecule has 1 fully saturated rings. The Morgan fingerprint density at radius 2 is 1.73 bits per heavy atom. The Morgan fingerprint density at radius 1 is 1.14 bits per heavy atom. The molecule has 0 aliphatic carbocycles. The molecule has 1 heterocycles. The second-order valence-corrected chi connectivity index (χ2v) is 4.90. The van der Waals surface area contributed by atoms with Gasteiger partial charge in [-0.3, -0.25) is 9.59 Å². The van der Waals surface area contributed by atoms with E-state index in [0.717, 1.165) is 0 Å². The fourth-order valence-electron chi connectivity index (χ4n) is 2.39. The Bertz CT molecular complexity index is 543. The van der Waals surface area contributed by atoms with Crippen molar-refractivity contribution < 1.29 is 23.1 Å². The molecular weight excluding hydrogens is 294 g/mol. The zero-order chi connectivity index (χ0) is 16.1. The molecule has 0 atom stereocenters. The molecule has 2 amide bonds. The Morgan fingerprint density at radius 3 is 2.32 bits per heavy atom. The van der Waals surface area contributed by atoms with Gasteiger partial charge in [-0.15, -0.1) is 0 Å². The summed E-state index contributed by atoms with van der Waals surface area (Å²) in [6.45, 7) is 0.485. The largest absolute Gasteiger partial charge is 0.434 e. The van der Waals surface area contributed by atoms with Gasteiger partial charge in [-0.25, -0.2) is 0 Å². The number of halogens is 2. The van der Waals surface area contributed by atoms with E-state index >= 15 is 0 Å². The van der Waals surface area contributed by atoms with Gasteiger partial charge in [-0.2, -0.15) is 8.78 Å². The van der Waals surface area contributed by atoms with Gasteiger partial charge in [0.1, 0.15) is 5.75 Å². The van der Waals surface area contributed by atoms with Crippen LogP contribution in [0.2, 0.25) is 0 Å². The molecule has 7 heteroatoms. The molecule has 0 saturated carbocycles. The van der Waals surface area contributed by atoms with Gasteiger partial charge in [0.05, 0.1) is 5.56 Å². The summed E-state index contributed by atoms with van der Waals surface area (Å²) in [5.74, 6) is -0.442. The van der Waals surface area contributed by atoms with Crippen LogP contribution in [0.15, 0.2) is 24.3 Å². The van der Waals surface area contributed by atoms with Crippen molar-refractivity contribution in [3.8, 4) is 5.75 Å². The molecule has 2 rings (SSSR count). The van der Waals surface area contributed by atoms with E-state index in [0.29, 0.717) is 32.6 Å². The summed E-state index contributed by atoms with van der Waals surface area (Å²) < 4.78 is 29.2. The number of rotatable bonds is 4. The number of carbonyl (C=O) groups is 2. The lowest BCUT2D eigenvalue weighted by Crippen LogP contribution is -2.50. The topological polar surface area (TPSA) is 49.9 Å². The lowest BCUT2D eigenvalue weighted by atomic mass is 10.1. The predicted octanol–water partition coefficient (Wildman–Crippen LogP) is 1.98. The van der Waals surface area contributed by atoms with Gasteiger partial charge in [-0.05, 0) is 12.1 Å². The minimum atomic E-state index is -2.98. The van der Waals surface area contributed by atoms with E-state index in [2.05, 4.69) is 4.74 Å². The number of nitrogens with zero attached hydrogens (tertiary/aromatic N) is 2. The monoisotopic (exact) mass is 312 g/mol. The molecule has 0 radical (unpaired) electrons. The van der Waals surface area contributed by atoms with Crippen LogP contribution in [-0.4, -0.2) is 54.4 Å². The third-order valence-electron chi connectivity index (χ3n) is 3.56. The molecular formula is C15H18F2N2O3. The molecule has 0 unspecified atom stereocenters. The van der Waals surface area contributed by atoms with Crippen molar-refractivity contribution in [3.05, 3.63) is 29.8 Å². The predicted molar refractivity (Wildman–Crippen MR) is 75.8 cm³/mol. The molecule has 1 aromatic carbocycles. The highest BCUT2D eigenvalue weighted by Crippen LogP contribution is 2.22. The number of hydrogen-bond acceptors (Lipinski definition) is 3. The van der Waals surface area contributed by atoms with Gasteiger partial charge in [0.25, 0.3) is 5.91 Å². The van der Waals surface area contributed by atoms with Crippen molar-refractivity contribution in [1.82, 2.24) is 9.80 Å². The van der Waals surface area contributed by atoms with Crippen LogP contribution in [0.25, 0.3) is 0 Å². The summed E-state index contributed by atoms with van der Waals surface area (Å²) in [6.07, 6.45) is 0.430. The van der Waals surface area contributed by atoms with Crippen LogP contribution in [0, 0.1) is 0 Å². The van der Waals surface area contributed by atoms with Crippen molar-refractivity contribution in [1.29, 1.82) is 0 Å². The van der Waals surface area contributed by atoms with E-state index in [1.54, 1.807) is 22.8 Å². The molecule has 0 aromatic heterocycles. The molecule has 1 saturated heterocycles. The third kappa shape index (κ3) is 3.72. The lowest BCUT2D eigenvalue weighted by molar-refractivity contribution is -0.132. The van der Waals surface area contributed by atoms with E-state index in [-0.39, 0.29) is 23.1 Å². The lowest BCUT2D eigenvalue weighted by Gasteiger charge is -2.34. The van der Waals surface area contributed by atoms with E-state index in [1.165, 1.54) is 18.2 Å². The van der Waals surface area contributed by atoms with E-state index in [9.17, 15) is 18.4 Å². The van der Waals surface area contributed by atoms with Crippen molar-refractivity contribution in [2.24, 2.45) is 0 Å². The second-order valence-electron chi connectivity index (χ2n) is 4.90. The Kier molecular flexibility index (Phi) is 5.30. The van der Waals surface area contributed by atoms with Crippen LogP contribution in [-0.2, 0) is 4.79 Å². The quantitative estimate of drug-likeness (QED) is 0.854. The Labute approximate surface area is 127 Å². The summed E-state index contributed by atoms with van der Waals surface area (Å²) in [7, 11) is 0. The fourth-order valence-corrected chi connectivity index (χ4v) is 2.39. The first kappa shape index (κ1) is 16.2. The average molecular weight is 312 g/mol. The van der Waals surface area contributed by atoms with Crippen LogP contribution in [0.3, 0.4) is 0 Å². The first-order valence-corrected chi connectivity index (χ1v) is 7.13. The van der Waals surface area contributed by atoms with Crippen molar-refractivity contribution >= 4 is 11.8 Å². The summed E-state index contributed by atoms with van der Waals surface area (Å²) in [5, 5.41) is 0.